The Morgan fingerprint density at radius 1 is 1.06 bits per heavy atom. The maximum atomic E-state index is 11.1. The summed E-state index contributed by atoms with van der Waals surface area (Å²) in [5, 5.41) is 6.47. The Balaban J connectivity index is 1.61. The van der Waals surface area contributed by atoms with Crippen molar-refractivity contribution in [3.63, 3.8) is 0 Å². The molecule has 0 saturated carbocycles. The van der Waals surface area contributed by atoms with E-state index in [2.05, 4.69) is 25.5 Å². The van der Waals surface area contributed by atoms with E-state index in [0.717, 1.165) is 31.6 Å². The molecule has 184 valence electrons. The van der Waals surface area contributed by atoms with Gasteiger partial charge in [0.05, 0.1) is 43.2 Å². The molecule has 0 spiro atoms. The Bertz CT molecular complexity index is 1230. The minimum absolute atomic E-state index is 0.225. The Morgan fingerprint density at radius 2 is 1.77 bits per heavy atom. The van der Waals surface area contributed by atoms with E-state index in [9.17, 15) is 4.79 Å². The van der Waals surface area contributed by atoms with Crippen LogP contribution >= 0.6 is 11.6 Å². The smallest absolute Gasteiger partial charge is 0.409 e. The van der Waals surface area contributed by atoms with Gasteiger partial charge in [-0.3, -0.25) is 0 Å². The summed E-state index contributed by atoms with van der Waals surface area (Å²) in [4.78, 5) is 22.1. The van der Waals surface area contributed by atoms with E-state index >= 15 is 0 Å². The molecule has 0 unspecified atom stereocenters. The van der Waals surface area contributed by atoms with Crippen molar-refractivity contribution in [3.8, 4) is 17.2 Å². The minimum atomic E-state index is -0.934. The number of hydrogen-bond acceptors (Lipinski definition) is 10. The molecule has 0 atom stereocenters. The van der Waals surface area contributed by atoms with Crippen molar-refractivity contribution in [1.29, 1.82) is 0 Å². The lowest BCUT2D eigenvalue weighted by Gasteiger charge is -2.22. The van der Waals surface area contributed by atoms with Gasteiger partial charge in [0, 0.05) is 25.2 Å². The lowest BCUT2D eigenvalue weighted by atomic mass is 10.2. The number of nitrogens with two attached hydrogens (primary N) is 2. The first kappa shape index (κ1) is 24.0. The van der Waals surface area contributed by atoms with Gasteiger partial charge in [0.2, 0.25) is 5.95 Å². The second kappa shape index (κ2) is 10.4. The highest BCUT2D eigenvalue weighted by Crippen LogP contribution is 2.38. The third-order valence-corrected chi connectivity index (χ3v) is 5.71. The zero-order chi connectivity index (χ0) is 24.9. The van der Waals surface area contributed by atoms with Crippen molar-refractivity contribution in [1.82, 2.24) is 9.97 Å². The van der Waals surface area contributed by atoms with Crippen LogP contribution in [0.5, 0.6) is 17.2 Å². The molecule has 2 heterocycles. The van der Waals surface area contributed by atoms with Gasteiger partial charge in [-0.1, -0.05) is 11.6 Å². The maximum absolute atomic E-state index is 11.1. The summed E-state index contributed by atoms with van der Waals surface area (Å²) in [5.74, 6) is 1.85. The zero-order valence-corrected chi connectivity index (χ0v) is 20.1. The molecular formula is C23H26ClN7O4. The highest BCUT2D eigenvalue weighted by atomic mass is 35.5. The zero-order valence-electron chi connectivity index (χ0n) is 19.3. The van der Waals surface area contributed by atoms with Crippen molar-refractivity contribution in [2.75, 3.05) is 48.6 Å². The van der Waals surface area contributed by atoms with Gasteiger partial charge in [0.1, 0.15) is 22.3 Å². The van der Waals surface area contributed by atoms with Gasteiger partial charge < -0.3 is 41.2 Å². The largest absolute Gasteiger partial charge is 0.495 e. The number of hydrogen-bond donors (Lipinski definition) is 4. The van der Waals surface area contributed by atoms with Gasteiger partial charge in [-0.25, -0.2) is 9.78 Å². The van der Waals surface area contributed by atoms with Gasteiger partial charge in [-0.15, -0.1) is 0 Å². The Labute approximate surface area is 207 Å². The summed E-state index contributed by atoms with van der Waals surface area (Å²) in [6, 6.07) is 8.41. The standard InChI is InChI=1S/C23H26ClN7O4/c1-33-19-6-5-13(35-22(26)32)9-16(19)28-21-14(24)12-27-23(30-21)29-17-10-15(25)18(11-20(17)34-2)31-7-3-4-8-31/h5-6,9-12H,3-4,7-8,25H2,1-2H3,(H2,26,32)(H2,27,28,29,30). The van der Waals surface area contributed by atoms with Gasteiger partial charge in [0.15, 0.2) is 5.82 Å². The van der Waals surface area contributed by atoms with Crippen molar-refractivity contribution in [3.05, 3.63) is 41.6 Å². The summed E-state index contributed by atoms with van der Waals surface area (Å²) in [6.07, 6.45) is 2.79. The molecule has 1 aliphatic rings. The second-order valence-electron chi connectivity index (χ2n) is 7.73. The van der Waals surface area contributed by atoms with Crippen molar-refractivity contribution in [2.24, 2.45) is 5.73 Å². The van der Waals surface area contributed by atoms with Crippen LogP contribution in [-0.2, 0) is 0 Å². The average molecular weight is 500 g/mol. The quantitative estimate of drug-likeness (QED) is 0.331. The minimum Gasteiger partial charge on any atom is -0.495 e. The molecule has 1 aromatic heterocycles. The van der Waals surface area contributed by atoms with Gasteiger partial charge in [0.25, 0.3) is 0 Å². The number of anilines is 6. The second-order valence-corrected chi connectivity index (χ2v) is 8.14. The topological polar surface area (TPSA) is 150 Å². The summed E-state index contributed by atoms with van der Waals surface area (Å²) in [7, 11) is 3.10. The van der Waals surface area contributed by atoms with Crippen LogP contribution in [0.2, 0.25) is 5.02 Å². The fraction of sp³-hybridized carbons (Fsp3) is 0.261. The van der Waals surface area contributed by atoms with Crippen molar-refractivity contribution < 1.29 is 19.0 Å². The number of halogens is 1. The lowest BCUT2D eigenvalue weighted by Crippen LogP contribution is -2.19. The average Bonchev–Trinajstić information content (AvgIpc) is 3.36. The first-order chi connectivity index (χ1) is 16.9. The number of carbonyl (C=O) groups excluding carboxylic acids is 1. The number of ether oxygens (including phenoxy) is 3. The molecule has 4 rings (SSSR count). The Kier molecular flexibility index (Phi) is 7.16. The van der Waals surface area contributed by atoms with Crippen LogP contribution in [0.25, 0.3) is 0 Å². The van der Waals surface area contributed by atoms with Crippen LogP contribution in [-0.4, -0.2) is 43.4 Å². The maximum Gasteiger partial charge on any atom is 0.409 e. The normalized spacial score (nSPS) is 12.8. The first-order valence-corrected chi connectivity index (χ1v) is 11.2. The van der Waals surface area contributed by atoms with Crippen LogP contribution in [0.3, 0.4) is 0 Å². The molecule has 35 heavy (non-hydrogen) atoms. The third-order valence-electron chi connectivity index (χ3n) is 5.43. The number of methoxy groups -OCH3 is 2. The van der Waals surface area contributed by atoms with Crippen LogP contribution in [0.15, 0.2) is 36.5 Å². The molecule has 1 saturated heterocycles. The molecule has 1 aliphatic heterocycles. The molecule has 3 aromatic rings. The van der Waals surface area contributed by atoms with Crippen molar-refractivity contribution in [2.45, 2.75) is 12.8 Å². The van der Waals surface area contributed by atoms with E-state index in [4.69, 9.17) is 37.3 Å². The van der Waals surface area contributed by atoms with Gasteiger partial charge in [-0.2, -0.15) is 4.98 Å². The molecule has 1 amide bonds. The van der Waals surface area contributed by atoms with Crippen molar-refractivity contribution >= 4 is 52.2 Å². The highest BCUT2D eigenvalue weighted by Gasteiger charge is 2.19. The van der Waals surface area contributed by atoms with E-state index in [-0.39, 0.29) is 16.7 Å². The Morgan fingerprint density at radius 3 is 2.46 bits per heavy atom. The number of nitrogens with one attached hydrogen (secondary N) is 2. The molecular weight excluding hydrogens is 474 g/mol. The number of benzene rings is 2. The number of aromatic nitrogens is 2. The van der Waals surface area contributed by atoms with E-state index < -0.39 is 6.09 Å². The van der Waals surface area contributed by atoms with Gasteiger partial charge >= 0.3 is 6.09 Å². The molecule has 11 nitrogen and oxygen atoms in total. The predicted molar refractivity (Wildman–Crippen MR) is 136 cm³/mol. The summed E-state index contributed by atoms with van der Waals surface area (Å²) < 4.78 is 15.9. The van der Waals surface area contributed by atoms with Crippen LogP contribution in [0.4, 0.5) is 39.3 Å². The highest BCUT2D eigenvalue weighted by molar-refractivity contribution is 6.33. The van der Waals surface area contributed by atoms with Gasteiger partial charge in [-0.05, 0) is 31.0 Å². The number of rotatable bonds is 8. The van der Waals surface area contributed by atoms with Crippen LogP contribution in [0, 0.1) is 0 Å². The van der Waals surface area contributed by atoms with Crippen LogP contribution < -0.4 is 41.2 Å². The van der Waals surface area contributed by atoms with Crippen LogP contribution in [0.1, 0.15) is 12.8 Å². The van der Waals surface area contributed by atoms with E-state index in [0.29, 0.717) is 34.4 Å². The molecule has 0 aliphatic carbocycles. The number of nitrogen functional groups attached to an aromatic ring is 1. The predicted octanol–water partition coefficient (Wildman–Crippen LogP) is 4.27. The summed E-state index contributed by atoms with van der Waals surface area (Å²) in [6.45, 7) is 1.93. The van der Waals surface area contributed by atoms with E-state index in [1.807, 2.05) is 6.07 Å². The SMILES string of the molecule is COc1cc(N2CCCC2)c(N)cc1Nc1ncc(Cl)c(Nc2cc(OC(N)=O)ccc2OC)n1. The summed E-state index contributed by atoms with van der Waals surface area (Å²) >= 11 is 6.33. The molecule has 0 radical (unpaired) electrons. The number of carbonyl (C=O) groups is 1. The lowest BCUT2D eigenvalue weighted by molar-refractivity contribution is 0.211. The van der Waals surface area contributed by atoms with E-state index in [1.54, 1.807) is 25.3 Å². The first-order valence-electron chi connectivity index (χ1n) is 10.8. The third kappa shape index (κ3) is 5.52. The fourth-order valence-corrected chi connectivity index (χ4v) is 3.95. The number of amides is 1. The fourth-order valence-electron chi connectivity index (χ4n) is 3.81. The number of nitrogens with zero attached hydrogens (tertiary/aromatic N) is 3. The monoisotopic (exact) mass is 499 g/mol. The van der Waals surface area contributed by atoms with E-state index in [1.165, 1.54) is 19.4 Å². The molecule has 12 heteroatoms. The summed E-state index contributed by atoms with van der Waals surface area (Å²) in [5.41, 5.74) is 14.1. The molecule has 1 fully saturated rings. The molecule has 2 aromatic carbocycles. The molecule has 0 bridgehead atoms. The number of primary amides is 1. The molecule has 6 N–H and O–H groups in total. The Hall–Kier alpha value is -4.12.